The first-order valence-electron chi connectivity index (χ1n) is 7.76. The number of hydrogen-bond donors (Lipinski definition) is 1. The Kier molecular flexibility index (Phi) is 4.15. The van der Waals surface area contributed by atoms with Crippen molar-refractivity contribution in [2.75, 3.05) is 0 Å². The van der Waals surface area contributed by atoms with E-state index in [1.165, 1.54) is 12.0 Å². The van der Waals surface area contributed by atoms with E-state index in [-0.39, 0.29) is 11.6 Å². The summed E-state index contributed by atoms with van der Waals surface area (Å²) in [6.45, 7) is 11.1. The molecular weight excluding hydrogens is 246 g/mol. The van der Waals surface area contributed by atoms with E-state index in [1.54, 1.807) is 0 Å². The normalized spacial score (nSPS) is 29.4. The van der Waals surface area contributed by atoms with Crippen LogP contribution in [-0.2, 0) is 5.54 Å². The van der Waals surface area contributed by atoms with Gasteiger partial charge in [-0.3, -0.25) is 0 Å². The van der Waals surface area contributed by atoms with E-state index in [1.807, 2.05) is 13.8 Å². The van der Waals surface area contributed by atoms with E-state index in [0.717, 1.165) is 18.6 Å². The maximum Gasteiger partial charge on any atom is 0.119 e. The Morgan fingerprint density at radius 2 is 1.75 bits per heavy atom. The van der Waals surface area contributed by atoms with Crippen LogP contribution in [0.1, 0.15) is 59.4 Å². The molecule has 0 aromatic heterocycles. The van der Waals surface area contributed by atoms with Crippen molar-refractivity contribution < 1.29 is 4.74 Å². The lowest BCUT2D eigenvalue weighted by Gasteiger charge is -2.46. The van der Waals surface area contributed by atoms with Crippen LogP contribution in [0.15, 0.2) is 24.3 Å². The number of rotatable bonds is 3. The Balaban J connectivity index is 2.21. The van der Waals surface area contributed by atoms with Crippen LogP contribution in [0.4, 0.5) is 0 Å². The highest BCUT2D eigenvalue weighted by Gasteiger charge is 2.41. The van der Waals surface area contributed by atoms with Crippen molar-refractivity contribution in [3.63, 3.8) is 0 Å². The molecule has 1 saturated carbocycles. The van der Waals surface area contributed by atoms with Crippen molar-refractivity contribution >= 4 is 0 Å². The fraction of sp³-hybridized carbons (Fsp3) is 0.667. The largest absolute Gasteiger partial charge is 0.491 e. The second-order valence-corrected chi connectivity index (χ2v) is 7.70. The minimum Gasteiger partial charge on any atom is -0.491 e. The molecule has 1 aromatic carbocycles. The predicted octanol–water partition coefficient (Wildman–Crippen LogP) is 4.47. The molecule has 0 aliphatic heterocycles. The second-order valence-electron chi connectivity index (χ2n) is 7.70. The van der Waals surface area contributed by atoms with E-state index in [9.17, 15) is 0 Å². The topological polar surface area (TPSA) is 35.2 Å². The van der Waals surface area contributed by atoms with Crippen molar-refractivity contribution in [2.45, 2.75) is 65.5 Å². The molecule has 0 amide bonds. The highest BCUT2D eigenvalue weighted by atomic mass is 16.5. The molecule has 1 aliphatic carbocycles. The van der Waals surface area contributed by atoms with Gasteiger partial charge < -0.3 is 10.5 Å². The van der Waals surface area contributed by atoms with Crippen LogP contribution >= 0.6 is 0 Å². The summed E-state index contributed by atoms with van der Waals surface area (Å²) in [6, 6.07) is 8.39. The van der Waals surface area contributed by atoms with Crippen LogP contribution in [0.2, 0.25) is 0 Å². The predicted molar refractivity (Wildman–Crippen MR) is 84.9 cm³/mol. The molecule has 1 fully saturated rings. The molecule has 0 saturated heterocycles. The summed E-state index contributed by atoms with van der Waals surface area (Å²) < 4.78 is 5.71. The van der Waals surface area contributed by atoms with E-state index >= 15 is 0 Å². The molecule has 2 N–H and O–H groups in total. The summed E-state index contributed by atoms with van der Waals surface area (Å²) in [5, 5.41) is 0. The minimum atomic E-state index is -0.197. The monoisotopic (exact) mass is 275 g/mol. The van der Waals surface area contributed by atoms with Gasteiger partial charge in [0.1, 0.15) is 5.75 Å². The summed E-state index contributed by atoms with van der Waals surface area (Å²) in [4.78, 5) is 0. The molecule has 2 heteroatoms. The van der Waals surface area contributed by atoms with Gasteiger partial charge in [-0.15, -0.1) is 0 Å². The van der Waals surface area contributed by atoms with Gasteiger partial charge >= 0.3 is 0 Å². The SMILES string of the molecule is CC1CC(C)(C)CC(N)(c2ccc(OC(C)C)cc2)C1. The highest BCUT2D eigenvalue weighted by molar-refractivity contribution is 5.32. The van der Waals surface area contributed by atoms with Crippen LogP contribution in [-0.4, -0.2) is 6.10 Å². The van der Waals surface area contributed by atoms with Gasteiger partial charge in [-0.05, 0) is 62.1 Å². The van der Waals surface area contributed by atoms with E-state index in [4.69, 9.17) is 10.5 Å². The van der Waals surface area contributed by atoms with Gasteiger partial charge in [0.2, 0.25) is 0 Å². The molecule has 20 heavy (non-hydrogen) atoms. The van der Waals surface area contributed by atoms with E-state index in [2.05, 4.69) is 45.0 Å². The van der Waals surface area contributed by atoms with Crippen LogP contribution < -0.4 is 10.5 Å². The molecule has 2 rings (SSSR count). The summed E-state index contributed by atoms with van der Waals surface area (Å²) in [5.41, 5.74) is 8.12. The molecule has 112 valence electrons. The molecule has 1 aromatic rings. The Labute approximate surface area is 123 Å². The van der Waals surface area contributed by atoms with Gasteiger partial charge in [0.05, 0.1) is 6.10 Å². The quantitative estimate of drug-likeness (QED) is 0.883. The fourth-order valence-corrected chi connectivity index (χ4v) is 3.99. The first-order valence-corrected chi connectivity index (χ1v) is 7.76. The molecular formula is C18H29NO. The van der Waals surface area contributed by atoms with E-state index < -0.39 is 0 Å². The maximum absolute atomic E-state index is 6.76. The molecule has 0 bridgehead atoms. The third kappa shape index (κ3) is 3.54. The van der Waals surface area contributed by atoms with Crippen LogP contribution in [0.3, 0.4) is 0 Å². The van der Waals surface area contributed by atoms with Gasteiger partial charge in [-0.25, -0.2) is 0 Å². The third-order valence-corrected chi connectivity index (χ3v) is 4.21. The molecule has 1 aliphatic rings. The molecule has 2 nitrogen and oxygen atoms in total. The number of nitrogens with two attached hydrogens (primary N) is 1. The van der Waals surface area contributed by atoms with E-state index in [0.29, 0.717) is 11.3 Å². The van der Waals surface area contributed by atoms with Crippen molar-refractivity contribution in [2.24, 2.45) is 17.1 Å². The Morgan fingerprint density at radius 3 is 2.25 bits per heavy atom. The average molecular weight is 275 g/mol. The van der Waals surface area contributed by atoms with Gasteiger partial charge in [-0.2, -0.15) is 0 Å². The zero-order chi connectivity index (χ0) is 15.0. The number of ether oxygens (including phenoxy) is 1. The van der Waals surface area contributed by atoms with Gasteiger partial charge in [0.15, 0.2) is 0 Å². The lowest BCUT2D eigenvalue weighted by atomic mass is 9.62. The minimum absolute atomic E-state index is 0.197. The lowest BCUT2D eigenvalue weighted by Crippen LogP contribution is -2.46. The Bertz CT molecular complexity index is 449. The highest BCUT2D eigenvalue weighted by Crippen LogP contribution is 2.47. The third-order valence-electron chi connectivity index (χ3n) is 4.21. The Morgan fingerprint density at radius 1 is 1.15 bits per heavy atom. The zero-order valence-corrected chi connectivity index (χ0v) is 13.6. The van der Waals surface area contributed by atoms with Crippen molar-refractivity contribution in [1.29, 1.82) is 0 Å². The summed E-state index contributed by atoms with van der Waals surface area (Å²) in [5.74, 6) is 1.60. The molecule has 0 radical (unpaired) electrons. The summed E-state index contributed by atoms with van der Waals surface area (Å²) in [6.07, 6.45) is 3.59. The van der Waals surface area contributed by atoms with Crippen LogP contribution in [0.25, 0.3) is 0 Å². The van der Waals surface area contributed by atoms with Crippen LogP contribution in [0.5, 0.6) is 5.75 Å². The maximum atomic E-state index is 6.76. The zero-order valence-electron chi connectivity index (χ0n) is 13.6. The van der Waals surface area contributed by atoms with Crippen molar-refractivity contribution in [3.8, 4) is 5.75 Å². The van der Waals surface area contributed by atoms with Gasteiger partial charge in [0, 0.05) is 5.54 Å². The first-order chi connectivity index (χ1) is 9.20. The lowest BCUT2D eigenvalue weighted by molar-refractivity contribution is 0.107. The summed E-state index contributed by atoms with van der Waals surface area (Å²) >= 11 is 0. The fourth-order valence-electron chi connectivity index (χ4n) is 3.99. The average Bonchev–Trinajstić information content (AvgIpc) is 2.25. The second kappa shape index (κ2) is 5.40. The van der Waals surface area contributed by atoms with Crippen molar-refractivity contribution in [1.82, 2.24) is 0 Å². The molecule has 2 unspecified atom stereocenters. The molecule has 0 heterocycles. The van der Waals surface area contributed by atoms with Gasteiger partial charge in [-0.1, -0.05) is 32.9 Å². The smallest absolute Gasteiger partial charge is 0.119 e. The van der Waals surface area contributed by atoms with Crippen molar-refractivity contribution in [3.05, 3.63) is 29.8 Å². The molecule has 2 atom stereocenters. The first kappa shape index (κ1) is 15.4. The number of benzene rings is 1. The van der Waals surface area contributed by atoms with Crippen LogP contribution in [0, 0.1) is 11.3 Å². The standard InChI is InChI=1S/C18H29NO/c1-13(2)20-16-8-6-15(7-9-16)18(19)11-14(3)10-17(4,5)12-18/h6-9,13-14H,10-12,19H2,1-5H3. The number of hydrogen-bond acceptors (Lipinski definition) is 2. The molecule has 0 spiro atoms. The van der Waals surface area contributed by atoms with Gasteiger partial charge in [0.25, 0.3) is 0 Å². The summed E-state index contributed by atoms with van der Waals surface area (Å²) in [7, 11) is 0. The Hall–Kier alpha value is -1.02.